The van der Waals surface area contributed by atoms with Crippen molar-refractivity contribution in [1.82, 2.24) is 9.78 Å². The van der Waals surface area contributed by atoms with Crippen LogP contribution in [0.5, 0.6) is 5.75 Å². The van der Waals surface area contributed by atoms with Crippen LogP contribution < -0.4 is 4.74 Å². The normalized spacial score (nSPS) is 10.8. The van der Waals surface area contributed by atoms with Gasteiger partial charge in [0.05, 0.1) is 17.7 Å². The Kier molecular flexibility index (Phi) is 3.44. The van der Waals surface area contributed by atoms with Crippen molar-refractivity contribution in [3.05, 3.63) is 59.8 Å². The predicted molar refractivity (Wildman–Crippen MR) is 81.8 cm³/mol. The number of carbonyl (C=O) groups excluding carboxylic acids is 1. The predicted octanol–water partition coefficient (Wildman–Crippen LogP) is 3.20. The van der Waals surface area contributed by atoms with Gasteiger partial charge in [-0.1, -0.05) is 30.3 Å². The van der Waals surface area contributed by atoms with Crippen molar-refractivity contribution in [3.8, 4) is 5.75 Å². The number of aryl methyl sites for hydroxylation is 1. The topological polar surface area (TPSA) is 44.1 Å². The number of benzene rings is 2. The van der Waals surface area contributed by atoms with Crippen LogP contribution in [0.2, 0.25) is 0 Å². The van der Waals surface area contributed by atoms with Gasteiger partial charge in [0.2, 0.25) is 5.78 Å². The third-order valence-corrected chi connectivity index (χ3v) is 3.40. The number of hydrogen-bond donors (Lipinski definition) is 0. The summed E-state index contributed by atoms with van der Waals surface area (Å²) in [5.41, 5.74) is 1.94. The molecular formula is C17H16N2O2. The SMILES string of the molecule is CCOc1ccccc1C(=O)c1nn(C)c2ccccc12. The molecule has 0 aliphatic heterocycles. The number of fused-ring (bicyclic) bond motifs is 1. The van der Waals surface area contributed by atoms with E-state index in [0.29, 0.717) is 23.6 Å². The Hall–Kier alpha value is -2.62. The molecule has 0 fully saturated rings. The zero-order valence-corrected chi connectivity index (χ0v) is 12.0. The highest BCUT2D eigenvalue weighted by Gasteiger charge is 2.20. The van der Waals surface area contributed by atoms with Crippen molar-refractivity contribution < 1.29 is 9.53 Å². The molecule has 1 aromatic heterocycles. The Bertz CT molecular complexity index is 805. The van der Waals surface area contributed by atoms with Crippen LogP contribution >= 0.6 is 0 Å². The molecule has 0 N–H and O–H groups in total. The van der Waals surface area contributed by atoms with Crippen molar-refractivity contribution in [3.63, 3.8) is 0 Å². The Morgan fingerprint density at radius 3 is 2.67 bits per heavy atom. The molecule has 2 aromatic carbocycles. The summed E-state index contributed by atoms with van der Waals surface area (Å²) in [4.78, 5) is 12.8. The van der Waals surface area contributed by atoms with Crippen molar-refractivity contribution in [1.29, 1.82) is 0 Å². The molecule has 1 heterocycles. The van der Waals surface area contributed by atoms with Gasteiger partial charge in [-0.2, -0.15) is 5.10 Å². The summed E-state index contributed by atoms with van der Waals surface area (Å²) < 4.78 is 7.27. The van der Waals surface area contributed by atoms with E-state index >= 15 is 0 Å². The molecule has 106 valence electrons. The minimum atomic E-state index is -0.115. The number of aromatic nitrogens is 2. The van der Waals surface area contributed by atoms with Crippen molar-refractivity contribution in [2.75, 3.05) is 6.61 Å². The summed E-state index contributed by atoms with van der Waals surface area (Å²) in [7, 11) is 1.84. The Morgan fingerprint density at radius 1 is 1.14 bits per heavy atom. The summed E-state index contributed by atoms with van der Waals surface area (Å²) in [5.74, 6) is 0.482. The van der Waals surface area contributed by atoms with Gasteiger partial charge >= 0.3 is 0 Å². The van der Waals surface area contributed by atoms with Crippen LogP contribution in [-0.2, 0) is 7.05 Å². The summed E-state index contributed by atoms with van der Waals surface area (Å²) in [6.45, 7) is 2.42. The number of ether oxygens (including phenoxy) is 1. The van der Waals surface area contributed by atoms with E-state index in [4.69, 9.17) is 4.74 Å². The molecular weight excluding hydrogens is 264 g/mol. The Labute approximate surface area is 123 Å². The maximum Gasteiger partial charge on any atom is 0.217 e. The minimum absolute atomic E-state index is 0.115. The molecule has 0 aliphatic carbocycles. The van der Waals surface area contributed by atoms with Crippen LogP contribution in [0.25, 0.3) is 10.9 Å². The van der Waals surface area contributed by atoms with E-state index in [0.717, 1.165) is 10.9 Å². The maximum absolute atomic E-state index is 12.8. The third kappa shape index (κ3) is 2.29. The molecule has 0 saturated carbocycles. The lowest BCUT2D eigenvalue weighted by molar-refractivity contribution is 0.103. The van der Waals surface area contributed by atoms with Gasteiger partial charge in [-0.25, -0.2) is 0 Å². The average molecular weight is 280 g/mol. The average Bonchev–Trinajstić information content (AvgIpc) is 2.85. The first-order valence-electron chi connectivity index (χ1n) is 6.90. The first-order chi connectivity index (χ1) is 10.2. The quantitative estimate of drug-likeness (QED) is 0.689. The molecule has 0 spiro atoms. The van der Waals surface area contributed by atoms with Gasteiger partial charge in [0.25, 0.3) is 0 Å². The fourth-order valence-electron chi connectivity index (χ4n) is 2.44. The van der Waals surface area contributed by atoms with E-state index in [1.165, 1.54) is 0 Å². The van der Waals surface area contributed by atoms with Gasteiger partial charge in [-0.3, -0.25) is 9.48 Å². The molecule has 0 saturated heterocycles. The van der Waals surface area contributed by atoms with E-state index < -0.39 is 0 Å². The van der Waals surface area contributed by atoms with Crippen LogP contribution in [-0.4, -0.2) is 22.2 Å². The second-order valence-electron chi connectivity index (χ2n) is 4.75. The first kappa shape index (κ1) is 13.4. The van der Waals surface area contributed by atoms with Gasteiger partial charge in [0, 0.05) is 12.4 Å². The molecule has 0 radical (unpaired) electrons. The minimum Gasteiger partial charge on any atom is -0.493 e. The second-order valence-corrected chi connectivity index (χ2v) is 4.75. The molecule has 3 aromatic rings. The fraction of sp³-hybridized carbons (Fsp3) is 0.176. The van der Waals surface area contributed by atoms with Crippen molar-refractivity contribution in [2.24, 2.45) is 7.05 Å². The number of rotatable bonds is 4. The molecule has 4 heteroatoms. The van der Waals surface area contributed by atoms with E-state index in [1.54, 1.807) is 10.7 Å². The summed E-state index contributed by atoms with van der Waals surface area (Å²) in [6, 6.07) is 15.0. The summed E-state index contributed by atoms with van der Waals surface area (Å²) >= 11 is 0. The summed E-state index contributed by atoms with van der Waals surface area (Å²) in [5, 5.41) is 5.24. The zero-order valence-electron chi connectivity index (χ0n) is 12.0. The van der Waals surface area contributed by atoms with Gasteiger partial charge in [0.1, 0.15) is 11.4 Å². The van der Waals surface area contributed by atoms with Gasteiger partial charge in [-0.15, -0.1) is 0 Å². The van der Waals surface area contributed by atoms with Gasteiger partial charge in [0.15, 0.2) is 0 Å². The molecule has 4 nitrogen and oxygen atoms in total. The molecule has 21 heavy (non-hydrogen) atoms. The lowest BCUT2D eigenvalue weighted by atomic mass is 10.0. The zero-order chi connectivity index (χ0) is 14.8. The maximum atomic E-state index is 12.8. The smallest absolute Gasteiger partial charge is 0.217 e. The number of nitrogens with zero attached hydrogens (tertiary/aromatic N) is 2. The van der Waals surface area contributed by atoms with Crippen LogP contribution in [0, 0.1) is 0 Å². The van der Waals surface area contributed by atoms with E-state index in [1.807, 2.05) is 56.4 Å². The largest absolute Gasteiger partial charge is 0.493 e. The molecule has 0 amide bonds. The van der Waals surface area contributed by atoms with E-state index in [-0.39, 0.29) is 5.78 Å². The first-order valence-corrected chi connectivity index (χ1v) is 6.90. The number of para-hydroxylation sites is 2. The number of hydrogen-bond acceptors (Lipinski definition) is 3. The number of carbonyl (C=O) groups is 1. The Morgan fingerprint density at radius 2 is 1.86 bits per heavy atom. The Balaban J connectivity index is 2.13. The monoisotopic (exact) mass is 280 g/mol. The summed E-state index contributed by atoms with van der Waals surface area (Å²) in [6.07, 6.45) is 0. The lowest BCUT2D eigenvalue weighted by Crippen LogP contribution is -2.07. The van der Waals surface area contributed by atoms with Crippen LogP contribution in [0.4, 0.5) is 0 Å². The van der Waals surface area contributed by atoms with E-state index in [2.05, 4.69) is 5.10 Å². The fourth-order valence-corrected chi connectivity index (χ4v) is 2.44. The van der Waals surface area contributed by atoms with E-state index in [9.17, 15) is 4.79 Å². The second kappa shape index (κ2) is 5.40. The van der Waals surface area contributed by atoms with Crippen LogP contribution in [0.1, 0.15) is 23.0 Å². The lowest BCUT2D eigenvalue weighted by Gasteiger charge is -2.07. The van der Waals surface area contributed by atoms with Crippen molar-refractivity contribution in [2.45, 2.75) is 6.92 Å². The van der Waals surface area contributed by atoms with Gasteiger partial charge < -0.3 is 4.74 Å². The highest BCUT2D eigenvalue weighted by atomic mass is 16.5. The number of ketones is 1. The van der Waals surface area contributed by atoms with Gasteiger partial charge in [-0.05, 0) is 25.1 Å². The molecule has 0 atom stereocenters. The highest BCUT2D eigenvalue weighted by molar-refractivity contribution is 6.16. The highest BCUT2D eigenvalue weighted by Crippen LogP contribution is 2.25. The van der Waals surface area contributed by atoms with Crippen LogP contribution in [0.15, 0.2) is 48.5 Å². The third-order valence-electron chi connectivity index (χ3n) is 3.40. The van der Waals surface area contributed by atoms with Crippen molar-refractivity contribution >= 4 is 16.7 Å². The standard InChI is InChI=1S/C17H16N2O2/c1-3-21-15-11-7-5-9-13(15)17(20)16-12-8-4-6-10-14(12)19(2)18-16/h4-11H,3H2,1-2H3. The molecule has 3 rings (SSSR count). The van der Waals surface area contributed by atoms with Crippen LogP contribution in [0.3, 0.4) is 0 Å². The molecule has 0 bridgehead atoms. The molecule has 0 unspecified atom stereocenters. The molecule has 0 aliphatic rings.